The maximum absolute atomic E-state index is 5.80. The van der Waals surface area contributed by atoms with Crippen molar-refractivity contribution in [2.24, 2.45) is 0 Å². The minimum absolute atomic E-state index is 0.101. The lowest BCUT2D eigenvalue weighted by atomic mass is 10.5. The van der Waals surface area contributed by atoms with E-state index in [0.29, 0.717) is 25.6 Å². The van der Waals surface area contributed by atoms with E-state index in [4.69, 9.17) is 16.3 Å². The number of nitrogens with zero attached hydrogens (tertiary/aromatic N) is 6. The van der Waals surface area contributed by atoms with Crippen LogP contribution in [-0.4, -0.2) is 43.1 Å². The molecule has 0 fully saturated rings. The Hall–Kier alpha value is -1.96. The topological polar surface area (TPSA) is 90.6 Å². The smallest absolute Gasteiger partial charge is 0.322 e. The summed E-state index contributed by atoms with van der Waals surface area (Å²) in [5.74, 6) is 0.381. The highest BCUT2D eigenvalue weighted by atomic mass is 35.5. The maximum Gasteiger partial charge on any atom is 0.322 e. The summed E-state index contributed by atoms with van der Waals surface area (Å²) >= 11 is 5.80. The summed E-state index contributed by atoms with van der Waals surface area (Å²) in [5, 5.41) is 10.7. The van der Waals surface area contributed by atoms with E-state index in [0.717, 1.165) is 6.42 Å². The van der Waals surface area contributed by atoms with Crippen molar-refractivity contribution in [3.63, 3.8) is 0 Å². The zero-order valence-electron chi connectivity index (χ0n) is 10.5. The van der Waals surface area contributed by atoms with Crippen LogP contribution >= 0.6 is 11.6 Å². The van der Waals surface area contributed by atoms with Crippen LogP contribution in [0.3, 0.4) is 0 Å². The summed E-state index contributed by atoms with van der Waals surface area (Å²) in [6.45, 7) is 3.78. The highest BCUT2D eigenvalue weighted by Crippen LogP contribution is 2.11. The Morgan fingerprint density at radius 1 is 1.37 bits per heavy atom. The molecule has 9 heteroatoms. The first-order valence-electron chi connectivity index (χ1n) is 5.90. The van der Waals surface area contributed by atoms with Crippen molar-refractivity contribution in [2.45, 2.75) is 19.9 Å². The summed E-state index contributed by atoms with van der Waals surface area (Å²) in [7, 11) is 0. The van der Waals surface area contributed by atoms with Gasteiger partial charge >= 0.3 is 6.01 Å². The summed E-state index contributed by atoms with van der Waals surface area (Å²) in [5.41, 5.74) is 0. The van der Waals surface area contributed by atoms with E-state index in [1.54, 1.807) is 17.1 Å². The fourth-order valence-electron chi connectivity index (χ4n) is 1.30. The first-order chi connectivity index (χ1) is 9.28. The average Bonchev–Trinajstić information content (AvgIpc) is 2.89. The lowest BCUT2D eigenvalue weighted by molar-refractivity contribution is 0.291. The normalized spacial score (nSPS) is 10.4. The van der Waals surface area contributed by atoms with Gasteiger partial charge in [-0.05, 0) is 18.0 Å². The highest BCUT2D eigenvalue weighted by Gasteiger charge is 2.05. The van der Waals surface area contributed by atoms with E-state index < -0.39 is 0 Å². The molecule has 0 bridgehead atoms. The zero-order valence-corrected chi connectivity index (χ0v) is 11.2. The Morgan fingerprint density at radius 2 is 2.26 bits per heavy atom. The van der Waals surface area contributed by atoms with Gasteiger partial charge in [0, 0.05) is 12.7 Å². The summed E-state index contributed by atoms with van der Waals surface area (Å²) in [6, 6.07) is 0.227. The van der Waals surface area contributed by atoms with Crippen LogP contribution in [0.5, 0.6) is 6.01 Å². The second-order valence-corrected chi connectivity index (χ2v) is 3.99. The molecular formula is C10H14ClN7O. The Bertz CT molecular complexity index is 505. The van der Waals surface area contributed by atoms with Crippen molar-refractivity contribution in [3.05, 3.63) is 17.7 Å². The molecular weight excluding hydrogens is 270 g/mol. The number of hydrogen-bond acceptors (Lipinski definition) is 7. The van der Waals surface area contributed by atoms with Gasteiger partial charge in [-0.1, -0.05) is 12.1 Å². The summed E-state index contributed by atoms with van der Waals surface area (Å²) in [4.78, 5) is 12.0. The predicted molar refractivity (Wildman–Crippen MR) is 69.1 cm³/mol. The molecule has 0 radical (unpaired) electrons. The van der Waals surface area contributed by atoms with Crippen molar-refractivity contribution in [2.75, 3.05) is 18.5 Å². The molecule has 0 aliphatic rings. The molecule has 2 aromatic rings. The second-order valence-electron chi connectivity index (χ2n) is 3.65. The fourth-order valence-corrected chi connectivity index (χ4v) is 1.46. The molecule has 0 saturated carbocycles. The van der Waals surface area contributed by atoms with Gasteiger partial charge in [-0.3, -0.25) is 4.68 Å². The van der Waals surface area contributed by atoms with Gasteiger partial charge in [-0.15, -0.1) is 5.10 Å². The molecule has 0 spiro atoms. The first-order valence-corrected chi connectivity index (χ1v) is 6.28. The Kier molecular flexibility index (Phi) is 4.85. The van der Waals surface area contributed by atoms with Crippen LogP contribution in [0.2, 0.25) is 5.28 Å². The average molecular weight is 284 g/mol. The highest BCUT2D eigenvalue weighted by molar-refractivity contribution is 6.28. The minimum atomic E-state index is 0.101. The Balaban J connectivity index is 1.90. The molecule has 1 N–H and O–H groups in total. The lowest BCUT2D eigenvalue weighted by Gasteiger charge is -2.07. The van der Waals surface area contributed by atoms with E-state index in [1.807, 2.05) is 6.92 Å². The molecule has 0 saturated heterocycles. The van der Waals surface area contributed by atoms with Crippen LogP contribution in [0.4, 0.5) is 5.95 Å². The molecule has 0 aliphatic carbocycles. The van der Waals surface area contributed by atoms with Crippen LogP contribution in [0.15, 0.2) is 12.4 Å². The molecule has 2 heterocycles. The van der Waals surface area contributed by atoms with Crippen molar-refractivity contribution in [3.8, 4) is 6.01 Å². The second kappa shape index (κ2) is 6.83. The Labute approximate surface area is 115 Å². The SMILES string of the molecule is CCCOc1nc(Cl)nc(NCCn2ccnn2)n1. The quantitative estimate of drug-likeness (QED) is 0.811. The van der Waals surface area contributed by atoms with Crippen LogP contribution in [0.1, 0.15) is 13.3 Å². The molecule has 19 heavy (non-hydrogen) atoms. The minimum Gasteiger partial charge on any atom is -0.463 e. The number of anilines is 1. The molecule has 0 aliphatic heterocycles. The molecule has 0 aromatic carbocycles. The number of ether oxygens (including phenoxy) is 1. The van der Waals surface area contributed by atoms with Crippen molar-refractivity contribution >= 4 is 17.5 Å². The molecule has 2 rings (SSSR count). The van der Waals surface area contributed by atoms with E-state index in [-0.39, 0.29) is 11.3 Å². The number of aromatic nitrogens is 6. The predicted octanol–water partition coefficient (Wildman–Crippen LogP) is 1.02. The van der Waals surface area contributed by atoms with E-state index in [1.165, 1.54) is 0 Å². The molecule has 0 atom stereocenters. The van der Waals surface area contributed by atoms with Crippen LogP contribution in [0, 0.1) is 0 Å². The molecule has 8 nitrogen and oxygen atoms in total. The van der Waals surface area contributed by atoms with Crippen molar-refractivity contribution < 1.29 is 4.74 Å². The van der Waals surface area contributed by atoms with Gasteiger partial charge in [0.15, 0.2) is 0 Å². The van der Waals surface area contributed by atoms with Crippen molar-refractivity contribution in [1.82, 2.24) is 29.9 Å². The number of nitrogens with one attached hydrogen (secondary N) is 1. The largest absolute Gasteiger partial charge is 0.463 e. The van der Waals surface area contributed by atoms with E-state index in [2.05, 4.69) is 30.6 Å². The third-order valence-electron chi connectivity index (χ3n) is 2.12. The van der Waals surface area contributed by atoms with E-state index in [9.17, 15) is 0 Å². The lowest BCUT2D eigenvalue weighted by Crippen LogP contribution is -2.14. The monoisotopic (exact) mass is 283 g/mol. The standard InChI is InChI=1S/C10H14ClN7O/c1-2-7-19-10-15-8(11)14-9(16-10)12-3-5-18-6-4-13-17-18/h4,6H,2-3,5,7H2,1H3,(H,12,14,15,16). The van der Waals surface area contributed by atoms with E-state index >= 15 is 0 Å². The summed E-state index contributed by atoms with van der Waals surface area (Å²) in [6.07, 6.45) is 4.27. The van der Waals surface area contributed by atoms with Gasteiger partial charge in [0.1, 0.15) is 0 Å². The van der Waals surface area contributed by atoms with Gasteiger partial charge in [-0.2, -0.15) is 15.0 Å². The van der Waals surface area contributed by atoms with Gasteiger partial charge < -0.3 is 10.1 Å². The number of hydrogen-bond donors (Lipinski definition) is 1. The summed E-state index contributed by atoms with van der Waals surface area (Å²) < 4.78 is 7.01. The zero-order chi connectivity index (χ0) is 13.5. The molecule has 0 amide bonds. The number of halogens is 1. The van der Waals surface area contributed by atoms with Crippen molar-refractivity contribution in [1.29, 1.82) is 0 Å². The third kappa shape index (κ3) is 4.32. The van der Waals surface area contributed by atoms with Crippen LogP contribution < -0.4 is 10.1 Å². The fraction of sp³-hybridized carbons (Fsp3) is 0.500. The van der Waals surface area contributed by atoms with Gasteiger partial charge in [0.25, 0.3) is 0 Å². The molecule has 0 unspecified atom stereocenters. The van der Waals surface area contributed by atoms with Crippen LogP contribution in [0.25, 0.3) is 0 Å². The first kappa shape index (κ1) is 13.5. The Morgan fingerprint density at radius 3 is 3.00 bits per heavy atom. The maximum atomic E-state index is 5.80. The van der Waals surface area contributed by atoms with Gasteiger partial charge in [0.05, 0.1) is 19.3 Å². The van der Waals surface area contributed by atoms with Gasteiger partial charge in [0.2, 0.25) is 11.2 Å². The molecule has 102 valence electrons. The van der Waals surface area contributed by atoms with Crippen LogP contribution in [-0.2, 0) is 6.54 Å². The molecule has 2 aromatic heterocycles. The van der Waals surface area contributed by atoms with Gasteiger partial charge in [-0.25, -0.2) is 0 Å². The number of rotatable bonds is 7. The third-order valence-corrected chi connectivity index (χ3v) is 2.29.